The summed E-state index contributed by atoms with van der Waals surface area (Å²) < 4.78 is 29.5. The summed E-state index contributed by atoms with van der Waals surface area (Å²) in [4.78, 5) is 10.5. The van der Waals surface area contributed by atoms with Crippen LogP contribution in [0.2, 0.25) is 0 Å². The average Bonchev–Trinajstić information content (AvgIpc) is 3.05. The first-order valence-corrected chi connectivity index (χ1v) is 8.13. The summed E-state index contributed by atoms with van der Waals surface area (Å²) in [6.07, 6.45) is 4.41. The maximum atomic E-state index is 13.0. The van der Waals surface area contributed by atoms with Crippen molar-refractivity contribution in [1.82, 2.24) is 14.9 Å². The van der Waals surface area contributed by atoms with Crippen LogP contribution in [0.5, 0.6) is 11.8 Å². The molecule has 1 atom stereocenters. The predicted molar refractivity (Wildman–Crippen MR) is 90.1 cm³/mol. The van der Waals surface area contributed by atoms with Crippen LogP contribution in [-0.4, -0.2) is 54.4 Å². The van der Waals surface area contributed by atoms with Crippen LogP contribution in [-0.2, 0) is 11.3 Å². The maximum Gasteiger partial charge on any atom is 0.316 e. The number of methoxy groups -OCH3 is 2. The zero-order chi connectivity index (χ0) is 17.7. The van der Waals surface area contributed by atoms with Crippen molar-refractivity contribution in [3.05, 3.63) is 48.0 Å². The van der Waals surface area contributed by atoms with Crippen molar-refractivity contribution in [2.75, 3.05) is 33.9 Å². The predicted octanol–water partition coefficient (Wildman–Crippen LogP) is 2.29. The fourth-order valence-electron chi connectivity index (χ4n) is 2.94. The fraction of sp³-hybridized carbons (Fsp3) is 0.444. The van der Waals surface area contributed by atoms with Crippen molar-refractivity contribution in [3.63, 3.8) is 0 Å². The van der Waals surface area contributed by atoms with Gasteiger partial charge >= 0.3 is 6.01 Å². The third-order valence-corrected chi connectivity index (χ3v) is 4.41. The standard InChI is InChI=1S/C18H22FN3O3/c1-23-17-20-9-14(10-21-17)11-22-8-7-18(12-22,24-2)13-25-16-5-3-15(19)4-6-16/h3-6,9-10H,7-8,11-13H2,1-2H3. The first-order valence-electron chi connectivity index (χ1n) is 8.13. The summed E-state index contributed by atoms with van der Waals surface area (Å²) in [7, 11) is 3.25. The molecular formula is C18H22FN3O3. The molecule has 1 aliphatic heterocycles. The van der Waals surface area contributed by atoms with Gasteiger partial charge in [-0.05, 0) is 30.7 Å². The number of rotatable bonds is 7. The second-order valence-electron chi connectivity index (χ2n) is 6.17. The molecule has 0 amide bonds. The van der Waals surface area contributed by atoms with Gasteiger partial charge in [0, 0.05) is 44.7 Å². The number of nitrogens with zero attached hydrogens (tertiary/aromatic N) is 3. The molecule has 0 saturated carbocycles. The summed E-state index contributed by atoms with van der Waals surface area (Å²) in [6, 6.07) is 6.39. The van der Waals surface area contributed by atoms with Crippen LogP contribution in [0.25, 0.3) is 0 Å². The highest BCUT2D eigenvalue weighted by Gasteiger charge is 2.39. The third-order valence-electron chi connectivity index (χ3n) is 4.41. The Labute approximate surface area is 146 Å². The molecule has 3 rings (SSSR count). The first kappa shape index (κ1) is 17.6. The van der Waals surface area contributed by atoms with Crippen molar-refractivity contribution < 1.29 is 18.6 Å². The molecule has 1 aromatic heterocycles. The smallest absolute Gasteiger partial charge is 0.316 e. The van der Waals surface area contributed by atoms with E-state index in [-0.39, 0.29) is 11.4 Å². The van der Waals surface area contributed by atoms with Crippen LogP contribution in [0.3, 0.4) is 0 Å². The van der Waals surface area contributed by atoms with Gasteiger partial charge in [0.1, 0.15) is 23.8 Å². The van der Waals surface area contributed by atoms with Crippen molar-refractivity contribution in [1.29, 1.82) is 0 Å². The van der Waals surface area contributed by atoms with E-state index in [1.165, 1.54) is 12.1 Å². The fourth-order valence-corrected chi connectivity index (χ4v) is 2.94. The first-order chi connectivity index (χ1) is 12.1. The van der Waals surface area contributed by atoms with Gasteiger partial charge in [0.25, 0.3) is 0 Å². The van der Waals surface area contributed by atoms with Gasteiger partial charge in [-0.2, -0.15) is 0 Å². The van der Waals surface area contributed by atoms with E-state index in [1.807, 2.05) is 0 Å². The highest BCUT2D eigenvalue weighted by Crippen LogP contribution is 2.27. The van der Waals surface area contributed by atoms with E-state index < -0.39 is 0 Å². The number of aromatic nitrogens is 2. The summed E-state index contributed by atoms with van der Waals surface area (Å²) >= 11 is 0. The van der Waals surface area contributed by atoms with Crippen LogP contribution >= 0.6 is 0 Å². The van der Waals surface area contributed by atoms with Crippen LogP contribution in [0.15, 0.2) is 36.7 Å². The van der Waals surface area contributed by atoms with Gasteiger partial charge in [0.05, 0.1) is 7.11 Å². The topological polar surface area (TPSA) is 56.7 Å². The molecule has 2 aromatic rings. The zero-order valence-electron chi connectivity index (χ0n) is 14.4. The van der Waals surface area contributed by atoms with Gasteiger partial charge in [0.15, 0.2) is 0 Å². The molecule has 0 spiro atoms. The molecule has 6 nitrogen and oxygen atoms in total. The Morgan fingerprint density at radius 1 is 1.16 bits per heavy atom. The quantitative estimate of drug-likeness (QED) is 0.766. The van der Waals surface area contributed by atoms with E-state index >= 15 is 0 Å². The lowest BCUT2D eigenvalue weighted by Crippen LogP contribution is -2.41. The average molecular weight is 347 g/mol. The van der Waals surface area contributed by atoms with Gasteiger partial charge in [-0.1, -0.05) is 0 Å². The molecule has 1 aliphatic rings. The van der Waals surface area contributed by atoms with Gasteiger partial charge in [-0.15, -0.1) is 0 Å². The Balaban J connectivity index is 1.56. The van der Waals surface area contributed by atoms with Crippen LogP contribution in [0, 0.1) is 5.82 Å². The largest absolute Gasteiger partial charge is 0.491 e. The molecule has 0 aliphatic carbocycles. The van der Waals surface area contributed by atoms with Gasteiger partial charge in [-0.3, -0.25) is 4.90 Å². The highest BCUT2D eigenvalue weighted by molar-refractivity contribution is 5.22. The molecular weight excluding hydrogens is 325 g/mol. The molecule has 25 heavy (non-hydrogen) atoms. The lowest BCUT2D eigenvalue weighted by Gasteiger charge is -2.28. The van der Waals surface area contributed by atoms with Gasteiger partial charge < -0.3 is 14.2 Å². The Kier molecular flexibility index (Phi) is 5.45. The lowest BCUT2D eigenvalue weighted by molar-refractivity contribution is -0.0359. The number of ether oxygens (including phenoxy) is 3. The molecule has 1 saturated heterocycles. The molecule has 1 fully saturated rings. The number of hydrogen-bond donors (Lipinski definition) is 0. The van der Waals surface area contributed by atoms with Crippen LogP contribution in [0.4, 0.5) is 4.39 Å². The van der Waals surface area contributed by atoms with Crippen molar-refractivity contribution in [2.24, 2.45) is 0 Å². The monoisotopic (exact) mass is 347 g/mol. The van der Waals surface area contributed by atoms with Crippen molar-refractivity contribution in [2.45, 2.75) is 18.6 Å². The summed E-state index contributed by atoms with van der Waals surface area (Å²) in [5.41, 5.74) is 0.647. The van der Waals surface area contributed by atoms with E-state index in [1.54, 1.807) is 38.7 Å². The van der Waals surface area contributed by atoms with E-state index in [9.17, 15) is 4.39 Å². The number of likely N-dealkylation sites (tertiary alicyclic amines) is 1. The highest BCUT2D eigenvalue weighted by atomic mass is 19.1. The van der Waals surface area contributed by atoms with Gasteiger partial charge in [0.2, 0.25) is 0 Å². The molecule has 7 heteroatoms. The molecule has 2 heterocycles. The van der Waals surface area contributed by atoms with E-state index in [2.05, 4.69) is 14.9 Å². The Morgan fingerprint density at radius 3 is 2.52 bits per heavy atom. The van der Waals surface area contributed by atoms with E-state index in [0.29, 0.717) is 18.4 Å². The molecule has 0 radical (unpaired) electrons. The Bertz CT molecular complexity index is 681. The normalized spacial score (nSPS) is 20.6. The van der Waals surface area contributed by atoms with Crippen molar-refractivity contribution >= 4 is 0 Å². The lowest BCUT2D eigenvalue weighted by atomic mass is 10.0. The van der Waals surface area contributed by atoms with Crippen LogP contribution in [0.1, 0.15) is 12.0 Å². The SMILES string of the molecule is COc1ncc(CN2CCC(COc3ccc(F)cc3)(OC)C2)cn1. The third kappa shape index (κ3) is 4.43. The minimum absolute atomic E-state index is 0.275. The zero-order valence-corrected chi connectivity index (χ0v) is 14.4. The molecule has 1 unspecified atom stereocenters. The summed E-state index contributed by atoms with van der Waals surface area (Å²) in [5, 5.41) is 0. The maximum absolute atomic E-state index is 13.0. The Hall–Kier alpha value is -2.25. The van der Waals surface area contributed by atoms with Crippen LogP contribution < -0.4 is 9.47 Å². The molecule has 0 N–H and O–H groups in total. The Morgan fingerprint density at radius 2 is 1.88 bits per heavy atom. The summed E-state index contributed by atoms with van der Waals surface area (Å²) in [6.45, 7) is 2.81. The van der Waals surface area contributed by atoms with Gasteiger partial charge in [-0.25, -0.2) is 14.4 Å². The number of halogens is 1. The minimum Gasteiger partial charge on any atom is -0.491 e. The second-order valence-corrected chi connectivity index (χ2v) is 6.17. The number of benzene rings is 1. The summed E-state index contributed by atoms with van der Waals surface area (Å²) in [5.74, 6) is 0.363. The molecule has 0 bridgehead atoms. The minimum atomic E-state index is -0.373. The molecule has 1 aromatic carbocycles. The number of hydrogen-bond acceptors (Lipinski definition) is 6. The van der Waals surface area contributed by atoms with E-state index in [4.69, 9.17) is 14.2 Å². The molecule has 134 valence electrons. The second kappa shape index (κ2) is 7.76. The van der Waals surface area contributed by atoms with E-state index in [0.717, 1.165) is 31.6 Å². The van der Waals surface area contributed by atoms with Crippen molar-refractivity contribution in [3.8, 4) is 11.8 Å².